The molecule has 7 rings (SSSR count). The maximum atomic E-state index is 13.7. The molecule has 5 heterocycles. The highest BCUT2D eigenvalue weighted by Gasteiger charge is 2.48. The van der Waals surface area contributed by atoms with Crippen LogP contribution in [0.4, 0.5) is 22.4 Å². The number of pyridine rings is 1. The predicted octanol–water partition coefficient (Wildman–Crippen LogP) is 3.75. The summed E-state index contributed by atoms with van der Waals surface area (Å²) >= 11 is 0. The lowest BCUT2D eigenvalue weighted by Crippen LogP contribution is -2.67. The minimum absolute atomic E-state index is 0.0445. The average molecular weight is 632 g/mol. The molecule has 13 nitrogen and oxygen atoms in total. The Bertz CT molecular complexity index is 1790. The van der Waals surface area contributed by atoms with Crippen molar-refractivity contribution in [2.45, 2.75) is 62.7 Å². The molecule has 13 heteroatoms. The predicted molar refractivity (Wildman–Crippen MR) is 176 cm³/mol. The van der Waals surface area contributed by atoms with Gasteiger partial charge in [-0.25, -0.2) is 14.8 Å². The third-order valence-electron chi connectivity index (χ3n) is 9.34. The Labute approximate surface area is 273 Å². The number of carbonyl (C=O) groups excluding carboxylic acids is 2. The van der Waals surface area contributed by atoms with Crippen LogP contribution in [0.15, 0.2) is 67.3 Å². The van der Waals surface area contributed by atoms with Crippen LogP contribution in [0.5, 0.6) is 0 Å². The number of rotatable bonds is 8. The third-order valence-corrected chi connectivity index (χ3v) is 9.34. The first-order chi connectivity index (χ1) is 22.9. The minimum atomic E-state index is -0.214. The van der Waals surface area contributed by atoms with E-state index in [1.54, 1.807) is 28.2 Å². The van der Waals surface area contributed by atoms with Gasteiger partial charge in [0.15, 0.2) is 5.82 Å². The number of hydrogen-bond acceptors (Lipinski definition) is 9. The summed E-state index contributed by atoms with van der Waals surface area (Å²) in [4.78, 5) is 43.2. The monoisotopic (exact) mass is 631 g/mol. The number of aromatic nitrogens is 5. The molecule has 3 amide bonds. The van der Waals surface area contributed by atoms with Crippen molar-refractivity contribution in [3.63, 3.8) is 0 Å². The van der Waals surface area contributed by atoms with Gasteiger partial charge in [-0.15, -0.1) is 0 Å². The molecular formula is C34H37N11O2. The van der Waals surface area contributed by atoms with Gasteiger partial charge in [-0.3, -0.25) is 14.4 Å². The Morgan fingerprint density at radius 1 is 1.06 bits per heavy atom. The van der Waals surface area contributed by atoms with Gasteiger partial charge in [-0.05, 0) is 49.8 Å². The lowest BCUT2D eigenvalue weighted by molar-refractivity contribution is -0.119. The Hall–Kier alpha value is -5.51. The smallest absolute Gasteiger partial charge is 0.323 e. The molecule has 3 aromatic heterocycles. The SMILES string of the molecule is Cn1cc(-c2ccc(N(C(=O)NCc3ccccc3)[C@H]3CC[C@@H](Nc4ncc(C#N)c(N5CC6(CCC(=O)N6)C5)n4)CC3)nc2)cn1. The highest BCUT2D eigenvalue weighted by atomic mass is 16.2. The van der Waals surface area contributed by atoms with E-state index >= 15 is 0 Å². The summed E-state index contributed by atoms with van der Waals surface area (Å²) in [6, 6.07) is 15.8. The second kappa shape index (κ2) is 12.7. The van der Waals surface area contributed by atoms with E-state index in [9.17, 15) is 14.9 Å². The molecule has 1 spiro atoms. The first-order valence-corrected chi connectivity index (χ1v) is 16.0. The molecule has 3 N–H and O–H groups in total. The van der Waals surface area contributed by atoms with Gasteiger partial charge in [0.2, 0.25) is 11.9 Å². The summed E-state index contributed by atoms with van der Waals surface area (Å²) in [6.45, 7) is 1.69. The Morgan fingerprint density at radius 2 is 1.87 bits per heavy atom. The molecule has 2 aliphatic heterocycles. The van der Waals surface area contributed by atoms with Crippen molar-refractivity contribution < 1.29 is 9.59 Å². The molecule has 1 aromatic carbocycles. The van der Waals surface area contributed by atoms with Crippen molar-refractivity contribution in [3.8, 4) is 17.2 Å². The molecule has 0 unspecified atom stereocenters. The van der Waals surface area contributed by atoms with E-state index in [0.717, 1.165) is 48.8 Å². The van der Waals surface area contributed by atoms with E-state index in [1.165, 1.54) is 0 Å². The number of nitrogens with zero attached hydrogens (tertiary/aromatic N) is 8. The van der Waals surface area contributed by atoms with E-state index in [4.69, 9.17) is 9.97 Å². The molecular weight excluding hydrogens is 594 g/mol. The summed E-state index contributed by atoms with van der Waals surface area (Å²) in [6.07, 6.45) is 11.6. The molecule has 4 aromatic rings. The summed E-state index contributed by atoms with van der Waals surface area (Å²) in [5.41, 5.74) is 3.12. The molecule has 3 fully saturated rings. The zero-order chi connectivity index (χ0) is 32.4. The zero-order valence-electron chi connectivity index (χ0n) is 26.3. The van der Waals surface area contributed by atoms with Gasteiger partial charge in [0, 0.05) is 68.7 Å². The maximum Gasteiger partial charge on any atom is 0.323 e. The lowest BCUT2D eigenvalue weighted by Gasteiger charge is -2.48. The summed E-state index contributed by atoms with van der Waals surface area (Å²) < 4.78 is 1.75. The van der Waals surface area contributed by atoms with E-state index in [1.807, 2.05) is 60.6 Å². The molecule has 3 aliphatic rings. The Balaban J connectivity index is 1.03. The van der Waals surface area contributed by atoms with Crippen molar-refractivity contribution in [1.29, 1.82) is 5.26 Å². The fourth-order valence-electron chi connectivity index (χ4n) is 6.85. The van der Waals surface area contributed by atoms with Crippen LogP contribution in [-0.2, 0) is 18.4 Å². The van der Waals surface area contributed by atoms with Gasteiger partial charge >= 0.3 is 6.03 Å². The largest absolute Gasteiger partial charge is 0.351 e. The second-order valence-corrected chi connectivity index (χ2v) is 12.7. The van der Waals surface area contributed by atoms with Crippen LogP contribution >= 0.6 is 0 Å². The number of urea groups is 1. The maximum absolute atomic E-state index is 13.7. The highest BCUT2D eigenvalue weighted by molar-refractivity contribution is 5.91. The number of carbonyl (C=O) groups is 2. The van der Waals surface area contributed by atoms with Crippen molar-refractivity contribution >= 4 is 29.5 Å². The summed E-state index contributed by atoms with van der Waals surface area (Å²) in [5, 5.41) is 23.6. The fraction of sp³-hybridized carbons (Fsp3) is 0.382. The van der Waals surface area contributed by atoms with Crippen molar-refractivity contribution in [2.75, 3.05) is 28.2 Å². The van der Waals surface area contributed by atoms with Crippen molar-refractivity contribution in [2.24, 2.45) is 7.05 Å². The van der Waals surface area contributed by atoms with Crippen LogP contribution in [0.3, 0.4) is 0 Å². The van der Waals surface area contributed by atoms with Crippen LogP contribution in [0.25, 0.3) is 11.1 Å². The Kier molecular flexibility index (Phi) is 8.15. The zero-order valence-corrected chi connectivity index (χ0v) is 26.3. The van der Waals surface area contributed by atoms with Crippen LogP contribution in [0.2, 0.25) is 0 Å². The quantitative estimate of drug-likeness (QED) is 0.264. The van der Waals surface area contributed by atoms with Crippen LogP contribution in [0.1, 0.15) is 49.7 Å². The first-order valence-electron chi connectivity index (χ1n) is 16.0. The standard InChI is InChI=1S/C34H37N11O2/c1-43-20-26(19-39-43)24-7-12-29(36-17-24)45(33(47)38-16-23-5-3-2-4-6-23)28-10-8-27(9-11-28)40-32-37-18-25(15-35)31(41-32)44-21-34(22-44)14-13-30(46)42-34/h2-7,12,17-20,27-28H,8-11,13-14,16,21-22H2,1H3,(H,38,47)(H,42,46)(H,37,40,41)/t27-,28+. The second-order valence-electron chi connectivity index (χ2n) is 12.7. The summed E-state index contributed by atoms with van der Waals surface area (Å²) in [5.74, 6) is 1.75. The fourth-order valence-corrected chi connectivity index (χ4v) is 6.85. The minimum Gasteiger partial charge on any atom is -0.351 e. The van der Waals surface area contributed by atoms with Gasteiger partial charge in [0.05, 0.1) is 17.9 Å². The number of hydrogen-bond donors (Lipinski definition) is 3. The summed E-state index contributed by atoms with van der Waals surface area (Å²) in [7, 11) is 1.88. The van der Waals surface area contributed by atoms with Crippen molar-refractivity contribution in [3.05, 3.63) is 78.4 Å². The average Bonchev–Trinajstić information content (AvgIpc) is 3.70. The van der Waals surface area contributed by atoms with E-state index in [-0.39, 0.29) is 29.6 Å². The normalized spacial score (nSPS) is 19.8. The first kappa shape index (κ1) is 30.2. The number of amides is 3. The molecule has 0 atom stereocenters. The highest BCUT2D eigenvalue weighted by Crippen LogP contribution is 2.35. The molecule has 240 valence electrons. The topological polar surface area (TPSA) is 157 Å². The van der Waals surface area contributed by atoms with E-state index in [0.29, 0.717) is 49.2 Å². The van der Waals surface area contributed by atoms with Crippen LogP contribution in [0, 0.1) is 11.3 Å². The third kappa shape index (κ3) is 6.44. The molecule has 1 saturated carbocycles. The number of anilines is 3. The van der Waals surface area contributed by atoms with E-state index < -0.39 is 0 Å². The molecule has 0 radical (unpaired) electrons. The number of nitriles is 1. The van der Waals surface area contributed by atoms with Gasteiger partial charge < -0.3 is 20.9 Å². The van der Waals surface area contributed by atoms with Gasteiger partial charge in [-0.1, -0.05) is 30.3 Å². The molecule has 47 heavy (non-hydrogen) atoms. The van der Waals surface area contributed by atoms with E-state index in [2.05, 4.69) is 32.1 Å². The molecule has 0 bridgehead atoms. The van der Waals surface area contributed by atoms with Crippen molar-refractivity contribution in [1.82, 2.24) is 35.4 Å². The van der Waals surface area contributed by atoms with Gasteiger partial charge in [0.25, 0.3) is 0 Å². The van der Waals surface area contributed by atoms with Crippen LogP contribution < -0.4 is 25.8 Å². The van der Waals surface area contributed by atoms with Gasteiger partial charge in [-0.2, -0.15) is 15.3 Å². The number of nitrogens with one attached hydrogen (secondary N) is 3. The number of benzene rings is 1. The molecule has 2 saturated heterocycles. The Morgan fingerprint density at radius 3 is 2.53 bits per heavy atom. The van der Waals surface area contributed by atoms with Gasteiger partial charge in [0.1, 0.15) is 17.5 Å². The lowest BCUT2D eigenvalue weighted by atomic mass is 9.88. The number of aryl methyl sites for hydroxylation is 1. The molecule has 1 aliphatic carbocycles. The van der Waals surface area contributed by atoms with Crippen LogP contribution in [-0.4, -0.2) is 67.4 Å².